The summed E-state index contributed by atoms with van der Waals surface area (Å²) in [5.41, 5.74) is 5.40. The lowest BCUT2D eigenvalue weighted by molar-refractivity contribution is 0.154. The van der Waals surface area contributed by atoms with Crippen LogP contribution < -0.4 is 5.32 Å². The van der Waals surface area contributed by atoms with Gasteiger partial charge in [-0.2, -0.15) is 0 Å². The molecule has 1 fully saturated rings. The second kappa shape index (κ2) is 8.53. The number of aromatic nitrogens is 3. The van der Waals surface area contributed by atoms with Crippen LogP contribution in [0.5, 0.6) is 0 Å². The van der Waals surface area contributed by atoms with Gasteiger partial charge >= 0.3 is 0 Å². The molecule has 6 nitrogen and oxygen atoms in total. The molecule has 0 radical (unpaired) electrons. The summed E-state index contributed by atoms with van der Waals surface area (Å²) in [6.07, 6.45) is 2.05. The molecule has 8 heteroatoms. The third-order valence-electron chi connectivity index (χ3n) is 5.95. The van der Waals surface area contributed by atoms with Crippen LogP contribution in [-0.2, 0) is 6.67 Å². The van der Waals surface area contributed by atoms with E-state index in [0.717, 1.165) is 57.7 Å². The number of likely N-dealkylation sites (tertiary alicyclic amines) is 1. The molecule has 0 atom stereocenters. The van der Waals surface area contributed by atoms with E-state index in [4.69, 9.17) is 21.7 Å². The van der Waals surface area contributed by atoms with E-state index in [2.05, 4.69) is 47.2 Å². The molecule has 1 aliphatic rings. The molecule has 0 saturated carbocycles. The Hall–Kier alpha value is -2.55. The van der Waals surface area contributed by atoms with Gasteiger partial charge in [-0.3, -0.25) is 4.90 Å². The lowest BCUT2D eigenvalue weighted by Crippen LogP contribution is -2.34. The summed E-state index contributed by atoms with van der Waals surface area (Å²) < 4.78 is 8.69. The summed E-state index contributed by atoms with van der Waals surface area (Å²) in [5, 5.41) is 8.93. The molecule has 3 heterocycles. The molecule has 0 amide bonds. The summed E-state index contributed by atoms with van der Waals surface area (Å²) in [6, 6.07) is 14.3. The van der Waals surface area contributed by atoms with Gasteiger partial charge in [0.25, 0.3) is 0 Å². The lowest BCUT2D eigenvalue weighted by atomic mass is 9.97. The maximum Gasteiger partial charge on any atom is 0.209 e. The van der Waals surface area contributed by atoms with E-state index in [0.29, 0.717) is 12.6 Å². The van der Waals surface area contributed by atoms with Crippen LogP contribution in [-0.4, -0.2) is 32.8 Å². The zero-order valence-electron chi connectivity index (χ0n) is 17.7. The highest BCUT2D eigenvalue weighted by molar-refractivity contribution is 7.73. The Morgan fingerprint density at radius 2 is 1.94 bits per heavy atom. The van der Waals surface area contributed by atoms with Crippen LogP contribution in [0.15, 0.2) is 46.9 Å². The fourth-order valence-corrected chi connectivity index (χ4v) is 4.98. The van der Waals surface area contributed by atoms with Crippen LogP contribution in [0.1, 0.15) is 35.8 Å². The molecule has 5 rings (SSSR count). The van der Waals surface area contributed by atoms with E-state index >= 15 is 0 Å². The predicted octanol–water partition coefficient (Wildman–Crippen LogP) is 6.01. The topological polar surface area (TPSA) is 59.1 Å². The molecule has 0 spiro atoms. The van der Waals surface area contributed by atoms with Crippen LogP contribution in [0.25, 0.3) is 11.1 Å². The first-order chi connectivity index (χ1) is 15.0. The molecule has 1 N–H and O–H groups in total. The number of oxazole rings is 1. The van der Waals surface area contributed by atoms with Gasteiger partial charge in [0.15, 0.2) is 15.4 Å². The molecule has 4 aromatic rings. The smallest absolute Gasteiger partial charge is 0.209 e. The van der Waals surface area contributed by atoms with Crippen LogP contribution in [0, 0.1) is 17.8 Å². The van der Waals surface area contributed by atoms with Gasteiger partial charge < -0.3 is 9.73 Å². The summed E-state index contributed by atoms with van der Waals surface area (Å²) in [4.78, 5) is 7.09. The zero-order chi connectivity index (χ0) is 21.4. The quantitative estimate of drug-likeness (QED) is 0.375. The molecule has 1 aliphatic heterocycles. The van der Waals surface area contributed by atoms with Crippen molar-refractivity contribution in [1.82, 2.24) is 19.7 Å². The number of piperidine rings is 1. The molecule has 2 aromatic heterocycles. The van der Waals surface area contributed by atoms with Gasteiger partial charge in [0.1, 0.15) is 5.52 Å². The van der Waals surface area contributed by atoms with E-state index in [1.807, 2.05) is 28.9 Å². The second-order valence-corrected chi connectivity index (χ2v) is 9.77. The summed E-state index contributed by atoms with van der Waals surface area (Å²) in [7, 11) is 0. The monoisotopic (exact) mass is 451 g/mol. The Kier molecular flexibility index (Phi) is 5.60. The molecule has 31 heavy (non-hydrogen) atoms. The van der Waals surface area contributed by atoms with Crippen LogP contribution in [0.3, 0.4) is 0 Å². The van der Waals surface area contributed by atoms with E-state index < -0.39 is 0 Å². The number of hydrogen-bond donors (Lipinski definition) is 1. The van der Waals surface area contributed by atoms with Gasteiger partial charge in [-0.1, -0.05) is 29.5 Å². The maximum absolute atomic E-state index is 5.99. The van der Waals surface area contributed by atoms with Crippen molar-refractivity contribution in [1.29, 1.82) is 0 Å². The number of para-hydroxylation sites is 2. The van der Waals surface area contributed by atoms with Gasteiger partial charge in [0, 0.05) is 24.7 Å². The third kappa shape index (κ3) is 4.42. The van der Waals surface area contributed by atoms with Crippen molar-refractivity contribution in [2.24, 2.45) is 0 Å². The molecule has 160 valence electrons. The van der Waals surface area contributed by atoms with E-state index in [-0.39, 0.29) is 0 Å². The van der Waals surface area contributed by atoms with Crippen molar-refractivity contribution < 1.29 is 4.42 Å². The molecule has 1 saturated heterocycles. The van der Waals surface area contributed by atoms with Crippen molar-refractivity contribution in [3.05, 3.63) is 63.4 Å². The Morgan fingerprint density at radius 3 is 2.71 bits per heavy atom. The van der Waals surface area contributed by atoms with Gasteiger partial charge in [-0.25, -0.2) is 9.67 Å². The minimum Gasteiger partial charge on any atom is -0.440 e. The molecule has 2 aromatic carbocycles. The maximum atomic E-state index is 5.99. The number of nitrogens with one attached hydrogen (secondary N) is 1. The van der Waals surface area contributed by atoms with E-state index in [1.165, 1.54) is 22.5 Å². The molecular weight excluding hydrogens is 426 g/mol. The number of anilines is 2. The first-order valence-corrected chi connectivity index (χ1v) is 11.8. The molecule has 0 unspecified atom stereocenters. The molecular formula is C23H25N5OS2. The Bertz CT molecular complexity index is 1230. The van der Waals surface area contributed by atoms with Gasteiger partial charge in [-0.15, -0.1) is 5.10 Å². The van der Waals surface area contributed by atoms with Gasteiger partial charge in [0.05, 0.1) is 6.67 Å². The minimum atomic E-state index is 0.370. The highest BCUT2D eigenvalue weighted by Crippen LogP contribution is 2.30. The largest absolute Gasteiger partial charge is 0.440 e. The van der Waals surface area contributed by atoms with Crippen molar-refractivity contribution in [2.75, 3.05) is 18.4 Å². The van der Waals surface area contributed by atoms with Crippen molar-refractivity contribution in [3.63, 3.8) is 0 Å². The summed E-state index contributed by atoms with van der Waals surface area (Å²) in [5.74, 6) is 1.24. The number of aryl methyl sites for hydroxylation is 2. The Balaban J connectivity index is 1.21. The number of hydrogen-bond acceptors (Lipinski definition) is 7. The lowest BCUT2D eigenvalue weighted by Gasteiger charge is -2.30. The van der Waals surface area contributed by atoms with Gasteiger partial charge in [-0.05, 0) is 74.3 Å². The second-order valence-electron chi connectivity index (χ2n) is 8.15. The van der Waals surface area contributed by atoms with Crippen molar-refractivity contribution >= 4 is 45.5 Å². The normalized spacial score (nSPS) is 15.5. The zero-order valence-corrected chi connectivity index (χ0v) is 19.3. The summed E-state index contributed by atoms with van der Waals surface area (Å²) >= 11 is 7.08. The molecule has 0 aliphatic carbocycles. The van der Waals surface area contributed by atoms with Crippen molar-refractivity contribution in [2.45, 2.75) is 39.3 Å². The highest BCUT2D eigenvalue weighted by Gasteiger charge is 2.25. The van der Waals surface area contributed by atoms with E-state index in [1.54, 1.807) is 0 Å². The van der Waals surface area contributed by atoms with E-state index in [9.17, 15) is 0 Å². The minimum absolute atomic E-state index is 0.370. The first kappa shape index (κ1) is 20.4. The highest BCUT2D eigenvalue weighted by atomic mass is 32.1. The summed E-state index contributed by atoms with van der Waals surface area (Å²) in [6.45, 7) is 6.90. The SMILES string of the molecule is Cc1ccc(Nc2nn(CN3CCC(c4nc5ccccc5o4)CC3)c(=S)s2)cc1C. The number of rotatable bonds is 5. The first-order valence-electron chi connectivity index (χ1n) is 10.6. The Labute approximate surface area is 190 Å². The average Bonchev–Trinajstić information content (AvgIpc) is 3.34. The van der Waals surface area contributed by atoms with Crippen LogP contribution in [0.4, 0.5) is 10.8 Å². The average molecular weight is 452 g/mol. The van der Waals surface area contributed by atoms with Gasteiger partial charge in [0.2, 0.25) is 5.13 Å². The third-order valence-corrected chi connectivity index (χ3v) is 7.17. The fraction of sp³-hybridized carbons (Fsp3) is 0.348. The number of benzene rings is 2. The number of nitrogens with zero attached hydrogens (tertiary/aromatic N) is 4. The van der Waals surface area contributed by atoms with Crippen molar-refractivity contribution in [3.8, 4) is 0 Å². The standard InChI is InChI=1S/C23H25N5OS2/c1-15-7-8-18(13-16(15)2)24-22-26-28(23(30)31-22)14-27-11-9-17(10-12-27)21-25-19-5-3-4-6-20(19)29-21/h3-8,13,17H,9-12,14H2,1-2H3,(H,24,26). The molecule has 0 bridgehead atoms. The van der Waals surface area contributed by atoms with Crippen LogP contribution >= 0.6 is 23.6 Å². The number of fused-ring (bicyclic) bond motifs is 1. The predicted molar refractivity (Wildman–Crippen MR) is 128 cm³/mol. The fourth-order valence-electron chi connectivity index (χ4n) is 3.96. The Morgan fingerprint density at radius 1 is 1.13 bits per heavy atom. The van der Waals surface area contributed by atoms with Crippen LogP contribution in [0.2, 0.25) is 0 Å².